The molecule has 0 fully saturated rings. The molecule has 19 heavy (non-hydrogen) atoms. The highest BCUT2D eigenvalue weighted by Crippen LogP contribution is 2.25. The first-order valence-electron chi connectivity index (χ1n) is 5.59. The van der Waals surface area contributed by atoms with Crippen molar-refractivity contribution in [2.45, 2.75) is 4.90 Å². The lowest BCUT2D eigenvalue weighted by atomic mass is 10.4. The summed E-state index contributed by atoms with van der Waals surface area (Å²) in [5, 5.41) is 0.314. The van der Waals surface area contributed by atoms with Gasteiger partial charge in [0.05, 0.1) is 0 Å². The molecule has 94 valence electrons. The van der Waals surface area contributed by atoms with Crippen molar-refractivity contribution in [2.24, 2.45) is 0 Å². The molecular weight excluding hydrogens is 280 g/mol. The van der Waals surface area contributed by atoms with E-state index >= 15 is 0 Å². The smallest absolute Gasteiger partial charge is 0.179 e. The Morgan fingerprint density at radius 3 is 2.68 bits per heavy atom. The van der Waals surface area contributed by atoms with Gasteiger partial charge in [0.15, 0.2) is 16.6 Å². The second-order valence-corrected chi connectivity index (χ2v) is 4.96. The maximum absolute atomic E-state index is 6.08. The average Bonchev–Trinajstić information content (AvgIpc) is 2.46. The van der Waals surface area contributed by atoms with Gasteiger partial charge in [-0.1, -0.05) is 29.8 Å². The molecule has 0 aliphatic heterocycles. The standard InChI is InChI=1S/C13H9ClN4S/c14-11-13(18-19-9-5-2-1-3-6-9)16-10-7-4-8-15-12(10)17-11/h1-8H,(H,16,18). The first-order chi connectivity index (χ1) is 9.33. The molecule has 2 heterocycles. The van der Waals surface area contributed by atoms with E-state index in [0.29, 0.717) is 22.1 Å². The number of hydrogen-bond donors (Lipinski definition) is 1. The summed E-state index contributed by atoms with van der Waals surface area (Å²) in [6.07, 6.45) is 1.67. The Labute approximate surface area is 119 Å². The first kappa shape index (κ1) is 12.2. The van der Waals surface area contributed by atoms with Crippen LogP contribution in [0.15, 0.2) is 53.6 Å². The van der Waals surface area contributed by atoms with E-state index in [1.807, 2.05) is 42.5 Å². The van der Waals surface area contributed by atoms with Gasteiger partial charge in [-0.2, -0.15) is 0 Å². The molecule has 0 bridgehead atoms. The lowest BCUT2D eigenvalue weighted by Crippen LogP contribution is -1.96. The zero-order chi connectivity index (χ0) is 13.1. The van der Waals surface area contributed by atoms with E-state index in [-0.39, 0.29) is 0 Å². The van der Waals surface area contributed by atoms with E-state index < -0.39 is 0 Å². The minimum Gasteiger partial charge on any atom is -0.308 e. The van der Waals surface area contributed by atoms with Crippen LogP contribution in [0.5, 0.6) is 0 Å². The Hall–Kier alpha value is -1.85. The Bertz CT molecular complexity index is 705. The van der Waals surface area contributed by atoms with Gasteiger partial charge in [-0.25, -0.2) is 15.0 Å². The third-order valence-electron chi connectivity index (χ3n) is 2.41. The van der Waals surface area contributed by atoms with Crippen molar-refractivity contribution in [1.29, 1.82) is 0 Å². The van der Waals surface area contributed by atoms with Gasteiger partial charge in [0.25, 0.3) is 0 Å². The summed E-state index contributed by atoms with van der Waals surface area (Å²) in [7, 11) is 0. The molecule has 0 aliphatic rings. The van der Waals surface area contributed by atoms with Crippen LogP contribution in [0.25, 0.3) is 11.2 Å². The third kappa shape index (κ3) is 2.77. The molecule has 0 radical (unpaired) electrons. The summed E-state index contributed by atoms with van der Waals surface area (Å²) in [6.45, 7) is 0. The summed E-state index contributed by atoms with van der Waals surface area (Å²) in [6, 6.07) is 13.6. The van der Waals surface area contributed by atoms with Gasteiger partial charge in [0.1, 0.15) is 5.52 Å². The van der Waals surface area contributed by atoms with Gasteiger partial charge in [0.2, 0.25) is 0 Å². The van der Waals surface area contributed by atoms with E-state index in [9.17, 15) is 0 Å². The fourth-order valence-corrected chi connectivity index (χ4v) is 2.41. The molecule has 0 amide bonds. The van der Waals surface area contributed by atoms with E-state index in [2.05, 4.69) is 19.7 Å². The first-order valence-corrected chi connectivity index (χ1v) is 6.78. The maximum atomic E-state index is 6.08. The average molecular weight is 289 g/mol. The number of pyridine rings is 1. The number of nitrogens with one attached hydrogen (secondary N) is 1. The van der Waals surface area contributed by atoms with Crippen molar-refractivity contribution >= 4 is 40.5 Å². The lowest BCUT2D eigenvalue weighted by molar-refractivity contribution is 1.23. The van der Waals surface area contributed by atoms with Crippen LogP contribution in [-0.4, -0.2) is 15.0 Å². The number of nitrogens with zero attached hydrogens (tertiary/aromatic N) is 3. The van der Waals surface area contributed by atoms with Crippen LogP contribution in [-0.2, 0) is 0 Å². The lowest BCUT2D eigenvalue weighted by Gasteiger charge is -2.06. The molecule has 3 rings (SSSR count). The Morgan fingerprint density at radius 2 is 1.84 bits per heavy atom. The van der Waals surface area contributed by atoms with Crippen LogP contribution in [0, 0.1) is 0 Å². The fraction of sp³-hybridized carbons (Fsp3) is 0. The molecule has 0 saturated carbocycles. The number of anilines is 1. The summed E-state index contributed by atoms with van der Waals surface area (Å²) < 4.78 is 3.10. The predicted molar refractivity (Wildman–Crippen MR) is 78.3 cm³/mol. The zero-order valence-corrected chi connectivity index (χ0v) is 11.3. The van der Waals surface area contributed by atoms with Crippen LogP contribution in [0.2, 0.25) is 5.15 Å². The van der Waals surface area contributed by atoms with Crippen molar-refractivity contribution in [1.82, 2.24) is 15.0 Å². The van der Waals surface area contributed by atoms with Crippen LogP contribution in [0.4, 0.5) is 5.82 Å². The number of benzene rings is 1. The molecule has 6 heteroatoms. The van der Waals surface area contributed by atoms with E-state index in [1.165, 1.54) is 11.9 Å². The van der Waals surface area contributed by atoms with Crippen molar-refractivity contribution in [3.8, 4) is 0 Å². The number of fused-ring (bicyclic) bond motifs is 1. The third-order valence-corrected chi connectivity index (χ3v) is 3.47. The Morgan fingerprint density at radius 1 is 1.00 bits per heavy atom. The summed E-state index contributed by atoms with van der Waals surface area (Å²) in [5.74, 6) is 0.538. The normalized spacial score (nSPS) is 10.6. The quantitative estimate of drug-likeness (QED) is 0.743. The number of hydrogen-bond acceptors (Lipinski definition) is 5. The van der Waals surface area contributed by atoms with Crippen LogP contribution >= 0.6 is 23.5 Å². The molecule has 0 unspecified atom stereocenters. The van der Waals surface area contributed by atoms with E-state index in [4.69, 9.17) is 11.6 Å². The van der Waals surface area contributed by atoms with Gasteiger partial charge in [-0.05, 0) is 36.2 Å². The molecule has 2 aromatic heterocycles. The van der Waals surface area contributed by atoms with E-state index in [1.54, 1.807) is 6.20 Å². The molecule has 3 aromatic rings. The topological polar surface area (TPSA) is 50.7 Å². The highest BCUT2D eigenvalue weighted by molar-refractivity contribution is 8.00. The summed E-state index contributed by atoms with van der Waals surface area (Å²) in [4.78, 5) is 13.8. The van der Waals surface area contributed by atoms with E-state index in [0.717, 1.165) is 4.90 Å². The fourth-order valence-electron chi connectivity index (χ4n) is 1.54. The maximum Gasteiger partial charge on any atom is 0.179 e. The number of rotatable bonds is 3. The Balaban J connectivity index is 1.86. The van der Waals surface area contributed by atoms with Crippen molar-refractivity contribution < 1.29 is 0 Å². The van der Waals surface area contributed by atoms with Crippen LogP contribution in [0.3, 0.4) is 0 Å². The van der Waals surface area contributed by atoms with Crippen molar-refractivity contribution in [3.05, 3.63) is 53.8 Å². The molecule has 1 N–H and O–H groups in total. The van der Waals surface area contributed by atoms with Crippen molar-refractivity contribution in [3.63, 3.8) is 0 Å². The summed E-state index contributed by atoms with van der Waals surface area (Å²) in [5.41, 5.74) is 1.26. The second-order valence-electron chi connectivity index (χ2n) is 3.73. The minimum absolute atomic E-state index is 0.314. The predicted octanol–water partition coefficient (Wildman–Crippen LogP) is 3.80. The van der Waals surface area contributed by atoms with Gasteiger partial charge >= 0.3 is 0 Å². The molecule has 1 aromatic carbocycles. The molecular formula is C13H9ClN4S. The molecule has 4 nitrogen and oxygen atoms in total. The van der Waals surface area contributed by atoms with Crippen LogP contribution in [0.1, 0.15) is 0 Å². The number of halogens is 1. The Kier molecular flexibility index (Phi) is 3.48. The molecule has 0 aliphatic carbocycles. The van der Waals surface area contributed by atoms with Gasteiger partial charge in [-0.3, -0.25) is 0 Å². The SMILES string of the molecule is Clc1nc2ncccc2nc1NSc1ccccc1. The number of aromatic nitrogens is 3. The molecule has 0 saturated heterocycles. The second kappa shape index (κ2) is 5.42. The molecule has 0 spiro atoms. The van der Waals surface area contributed by atoms with Gasteiger partial charge in [-0.15, -0.1) is 0 Å². The highest BCUT2D eigenvalue weighted by Gasteiger charge is 2.07. The molecule has 0 atom stereocenters. The van der Waals surface area contributed by atoms with Crippen LogP contribution < -0.4 is 4.72 Å². The minimum atomic E-state index is 0.314. The van der Waals surface area contributed by atoms with Gasteiger partial charge < -0.3 is 4.72 Å². The monoisotopic (exact) mass is 288 g/mol. The van der Waals surface area contributed by atoms with Crippen molar-refractivity contribution in [2.75, 3.05) is 4.72 Å². The highest BCUT2D eigenvalue weighted by atomic mass is 35.5. The van der Waals surface area contributed by atoms with Gasteiger partial charge in [0, 0.05) is 11.1 Å². The largest absolute Gasteiger partial charge is 0.308 e. The summed E-state index contributed by atoms with van der Waals surface area (Å²) >= 11 is 7.52. The zero-order valence-electron chi connectivity index (χ0n) is 9.75.